The van der Waals surface area contributed by atoms with Gasteiger partial charge < -0.3 is 9.64 Å². The molecule has 158 valence electrons. The van der Waals surface area contributed by atoms with Gasteiger partial charge in [-0.2, -0.15) is 0 Å². The van der Waals surface area contributed by atoms with E-state index in [1.165, 1.54) is 23.3 Å². The molecule has 8 nitrogen and oxygen atoms in total. The van der Waals surface area contributed by atoms with Crippen molar-refractivity contribution in [3.63, 3.8) is 0 Å². The first-order valence-corrected chi connectivity index (χ1v) is 10.2. The van der Waals surface area contributed by atoms with Gasteiger partial charge in [0.1, 0.15) is 5.75 Å². The number of fused-ring (bicyclic) bond motifs is 1. The van der Waals surface area contributed by atoms with Crippen molar-refractivity contribution < 1.29 is 14.5 Å². The molecule has 0 radical (unpaired) electrons. The summed E-state index contributed by atoms with van der Waals surface area (Å²) in [7, 11) is 1.71. The van der Waals surface area contributed by atoms with E-state index in [9.17, 15) is 14.9 Å². The van der Waals surface area contributed by atoms with Crippen LogP contribution in [0.3, 0.4) is 0 Å². The van der Waals surface area contributed by atoms with Gasteiger partial charge in [-0.15, -0.1) is 0 Å². The molecule has 30 heavy (non-hydrogen) atoms. The first-order valence-electron chi connectivity index (χ1n) is 10.2. The molecular formula is C22H26N4O4. The van der Waals surface area contributed by atoms with E-state index in [0.717, 1.165) is 51.5 Å². The lowest BCUT2D eigenvalue weighted by atomic mass is 10.1. The van der Waals surface area contributed by atoms with E-state index in [2.05, 4.69) is 28.0 Å². The molecule has 1 saturated heterocycles. The van der Waals surface area contributed by atoms with Crippen LogP contribution >= 0.6 is 0 Å². The number of hydrogen-bond acceptors (Lipinski definition) is 6. The normalized spacial score (nSPS) is 16.7. The van der Waals surface area contributed by atoms with Crippen LogP contribution < -0.4 is 9.64 Å². The molecule has 1 fully saturated rings. The molecule has 2 heterocycles. The number of non-ortho nitro benzene ring substituents is 1. The summed E-state index contributed by atoms with van der Waals surface area (Å²) in [6.07, 6.45) is 0.987. The second kappa shape index (κ2) is 8.81. The van der Waals surface area contributed by atoms with Crippen LogP contribution in [0.2, 0.25) is 0 Å². The second-order valence-corrected chi connectivity index (χ2v) is 7.82. The van der Waals surface area contributed by atoms with Crippen LogP contribution in [0.5, 0.6) is 5.75 Å². The molecule has 0 aromatic heterocycles. The topological polar surface area (TPSA) is 79.2 Å². The number of nitro groups is 1. The van der Waals surface area contributed by atoms with Gasteiger partial charge in [-0.3, -0.25) is 24.7 Å². The lowest BCUT2D eigenvalue weighted by Crippen LogP contribution is -2.49. The van der Waals surface area contributed by atoms with Crippen molar-refractivity contribution in [1.82, 2.24) is 9.80 Å². The number of anilines is 1. The van der Waals surface area contributed by atoms with Gasteiger partial charge in [0.2, 0.25) is 5.91 Å². The van der Waals surface area contributed by atoms with Gasteiger partial charge >= 0.3 is 0 Å². The van der Waals surface area contributed by atoms with E-state index in [0.29, 0.717) is 12.2 Å². The smallest absolute Gasteiger partial charge is 0.269 e. The molecule has 0 bridgehead atoms. The number of carbonyl (C=O) groups excluding carboxylic acids is 1. The average Bonchev–Trinajstić information content (AvgIpc) is 3.22. The van der Waals surface area contributed by atoms with E-state index < -0.39 is 4.92 Å². The van der Waals surface area contributed by atoms with Gasteiger partial charge in [0.25, 0.3) is 5.69 Å². The maximum absolute atomic E-state index is 12.6. The Morgan fingerprint density at radius 3 is 2.50 bits per heavy atom. The van der Waals surface area contributed by atoms with Gasteiger partial charge in [-0.25, -0.2) is 0 Å². The van der Waals surface area contributed by atoms with Crippen LogP contribution in [0.25, 0.3) is 0 Å². The van der Waals surface area contributed by atoms with Crippen LogP contribution in [0.4, 0.5) is 11.4 Å². The highest BCUT2D eigenvalue weighted by atomic mass is 16.6. The zero-order valence-electron chi connectivity index (χ0n) is 17.1. The Kier molecular flexibility index (Phi) is 5.96. The van der Waals surface area contributed by atoms with Gasteiger partial charge in [-0.1, -0.05) is 12.1 Å². The Hall–Kier alpha value is -2.97. The summed E-state index contributed by atoms with van der Waals surface area (Å²) in [5.41, 5.74) is 3.28. The third-order valence-electron chi connectivity index (χ3n) is 5.81. The molecule has 2 aromatic carbocycles. The Morgan fingerprint density at radius 2 is 1.80 bits per heavy atom. The zero-order chi connectivity index (χ0) is 21.1. The molecule has 0 aliphatic carbocycles. The number of nitrogens with zero attached hydrogens (tertiary/aromatic N) is 4. The highest BCUT2D eigenvalue weighted by Crippen LogP contribution is 2.26. The molecule has 8 heteroatoms. The number of nitro benzene ring substituents is 1. The molecule has 0 saturated carbocycles. The minimum atomic E-state index is -0.443. The number of amides is 1. The molecule has 4 rings (SSSR count). The molecule has 2 aliphatic rings. The summed E-state index contributed by atoms with van der Waals surface area (Å²) in [5.74, 6) is 0.996. The fourth-order valence-electron chi connectivity index (χ4n) is 3.94. The van der Waals surface area contributed by atoms with Crippen LogP contribution in [0.15, 0.2) is 42.5 Å². The summed E-state index contributed by atoms with van der Waals surface area (Å²) in [5, 5.41) is 10.8. The Labute approximate surface area is 175 Å². The first-order chi connectivity index (χ1) is 14.5. The summed E-state index contributed by atoms with van der Waals surface area (Å²) < 4.78 is 5.58. The molecule has 0 unspecified atom stereocenters. The molecule has 2 aliphatic heterocycles. The van der Waals surface area contributed by atoms with E-state index in [-0.39, 0.29) is 11.6 Å². The van der Waals surface area contributed by atoms with Crippen LogP contribution in [0, 0.1) is 10.1 Å². The molecule has 2 aromatic rings. The zero-order valence-corrected chi connectivity index (χ0v) is 17.1. The highest BCUT2D eigenvalue weighted by molar-refractivity contribution is 5.94. The monoisotopic (exact) mass is 410 g/mol. The highest BCUT2D eigenvalue weighted by Gasteiger charge is 2.22. The van der Waals surface area contributed by atoms with Crippen molar-refractivity contribution in [2.45, 2.75) is 13.0 Å². The SMILES string of the molecule is CN(C(=O)CN1CCN(Cc2ccc3c(c2)CCO3)CC1)c1ccc([N+](=O)[O-])cc1. The number of rotatable bonds is 6. The molecular weight excluding hydrogens is 384 g/mol. The van der Waals surface area contributed by atoms with Gasteiger partial charge in [0.05, 0.1) is 18.1 Å². The summed E-state index contributed by atoms with van der Waals surface area (Å²) >= 11 is 0. The maximum atomic E-state index is 12.6. The van der Waals surface area contributed by atoms with Crippen molar-refractivity contribution >= 4 is 17.3 Å². The first kappa shape index (κ1) is 20.3. The van der Waals surface area contributed by atoms with Crippen molar-refractivity contribution in [3.05, 3.63) is 63.7 Å². The van der Waals surface area contributed by atoms with Gasteiger partial charge in [0.15, 0.2) is 0 Å². The fraction of sp³-hybridized carbons (Fsp3) is 0.409. The number of piperazine rings is 1. The molecule has 0 N–H and O–H groups in total. The number of carbonyl (C=O) groups is 1. The summed E-state index contributed by atoms with van der Waals surface area (Å²) in [4.78, 5) is 29.1. The number of hydrogen-bond donors (Lipinski definition) is 0. The Morgan fingerprint density at radius 1 is 1.10 bits per heavy atom. The lowest BCUT2D eigenvalue weighted by molar-refractivity contribution is -0.384. The van der Waals surface area contributed by atoms with Gasteiger partial charge in [0, 0.05) is 64.0 Å². The van der Waals surface area contributed by atoms with Gasteiger partial charge in [-0.05, 0) is 29.3 Å². The number of likely N-dealkylation sites (N-methyl/N-ethyl adjacent to an activating group) is 1. The minimum absolute atomic E-state index is 0.0177. The summed E-state index contributed by atoms with van der Waals surface area (Å²) in [6, 6.07) is 12.5. The Bertz CT molecular complexity index is 923. The predicted molar refractivity (Wildman–Crippen MR) is 114 cm³/mol. The number of ether oxygens (including phenoxy) is 1. The van der Waals surface area contributed by atoms with Crippen LogP contribution in [-0.2, 0) is 17.8 Å². The second-order valence-electron chi connectivity index (χ2n) is 7.82. The molecule has 0 spiro atoms. The Balaban J connectivity index is 1.26. The maximum Gasteiger partial charge on any atom is 0.269 e. The van der Waals surface area contributed by atoms with E-state index >= 15 is 0 Å². The third-order valence-corrected chi connectivity index (χ3v) is 5.81. The van der Waals surface area contributed by atoms with Crippen molar-refractivity contribution in [1.29, 1.82) is 0 Å². The average molecular weight is 410 g/mol. The standard InChI is InChI=1S/C22H26N4O4/c1-23(19-3-5-20(6-4-19)26(28)29)22(27)16-25-11-9-24(10-12-25)15-17-2-7-21-18(14-17)8-13-30-21/h2-7,14H,8-13,15-16H2,1H3. The lowest BCUT2D eigenvalue weighted by Gasteiger charge is -2.35. The number of benzene rings is 2. The molecule has 0 atom stereocenters. The van der Waals surface area contributed by atoms with E-state index in [4.69, 9.17) is 4.74 Å². The van der Waals surface area contributed by atoms with Crippen molar-refractivity contribution in [3.8, 4) is 5.75 Å². The molecule has 1 amide bonds. The van der Waals surface area contributed by atoms with Crippen molar-refractivity contribution in [2.24, 2.45) is 0 Å². The van der Waals surface area contributed by atoms with Crippen LogP contribution in [-0.4, -0.2) is 67.0 Å². The quantitative estimate of drug-likeness (QED) is 0.537. The van der Waals surface area contributed by atoms with Crippen LogP contribution in [0.1, 0.15) is 11.1 Å². The fourth-order valence-corrected chi connectivity index (χ4v) is 3.94. The van der Waals surface area contributed by atoms with Crippen molar-refractivity contribution in [2.75, 3.05) is 51.3 Å². The minimum Gasteiger partial charge on any atom is -0.493 e. The van der Waals surface area contributed by atoms with E-state index in [1.54, 1.807) is 24.1 Å². The largest absolute Gasteiger partial charge is 0.493 e. The third kappa shape index (κ3) is 4.60. The van der Waals surface area contributed by atoms with E-state index in [1.807, 2.05) is 0 Å². The predicted octanol–water partition coefficient (Wildman–Crippen LogP) is 2.31. The summed E-state index contributed by atoms with van der Waals surface area (Å²) in [6.45, 7) is 5.56.